The second-order valence-corrected chi connectivity index (χ2v) is 5.29. The fourth-order valence-corrected chi connectivity index (χ4v) is 2.85. The van der Waals surface area contributed by atoms with Crippen LogP contribution in [0.2, 0.25) is 5.15 Å². The maximum Gasteiger partial charge on any atom is 0.148 e. The number of halogens is 1. The fourth-order valence-electron chi connectivity index (χ4n) is 2.63. The van der Waals surface area contributed by atoms with Crippen LogP contribution in [0.15, 0.2) is 0 Å². The summed E-state index contributed by atoms with van der Waals surface area (Å²) in [5, 5.41) is 0.602. The number of aromatic nitrogens is 2. The van der Waals surface area contributed by atoms with E-state index >= 15 is 0 Å². The Labute approximate surface area is 107 Å². The zero-order valence-corrected chi connectivity index (χ0v) is 11.0. The average Bonchev–Trinajstić information content (AvgIpc) is 2.36. The highest BCUT2D eigenvalue weighted by Gasteiger charge is 2.34. The van der Waals surface area contributed by atoms with Gasteiger partial charge >= 0.3 is 0 Å². The van der Waals surface area contributed by atoms with Crippen LogP contribution in [-0.2, 0) is 0 Å². The van der Waals surface area contributed by atoms with Gasteiger partial charge in [-0.3, -0.25) is 9.80 Å². The molecule has 17 heavy (non-hydrogen) atoms. The van der Waals surface area contributed by atoms with Crippen molar-refractivity contribution in [2.45, 2.75) is 19.9 Å². The zero-order valence-electron chi connectivity index (χ0n) is 10.3. The van der Waals surface area contributed by atoms with Crippen LogP contribution in [0.3, 0.4) is 0 Å². The van der Waals surface area contributed by atoms with Crippen molar-refractivity contribution in [1.29, 1.82) is 0 Å². The van der Waals surface area contributed by atoms with Gasteiger partial charge in [0.1, 0.15) is 11.0 Å². The molecule has 3 fully saturated rings. The molecule has 1 aromatic heterocycles. The highest BCUT2D eigenvalue weighted by molar-refractivity contribution is 6.30. The molecule has 0 N–H and O–H groups in total. The van der Waals surface area contributed by atoms with E-state index < -0.39 is 0 Å². The van der Waals surface area contributed by atoms with E-state index in [2.05, 4.69) is 19.8 Å². The molecular weight excluding hydrogens is 236 g/mol. The summed E-state index contributed by atoms with van der Waals surface area (Å²) in [6, 6.07) is 0.328. The number of hydrogen-bond donors (Lipinski definition) is 0. The minimum absolute atomic E-state index is 0.328. The van der Waals surface area contributed by atoms with Crippen molar-refractivity contribution < 1.29 is 0 Å². The molecule has 0 aromatic carbocycles. The summed E-state index contributed by atoms with van der Waals surface area (Å²) in [6.07, 6.45) is 0. The summed E-state index contributed by atoms with van der Waals surface area (Å²) in [4.78, 5) is 14.0. The lowest BCUT2D eigenvalue weighted by Gasteiger charge is -2.46. The van der Waals surface area contributed by atoms with Crippen LogP contribution in [0, 0.1) is 13.8 Å². The summed E-state index contributed by atoms with van der Waals surface area (Å²) in [5.74, 6) is 0.891. The van der Waals surface area contributed by atoms with E-state index in [1.165, 1.54) is 13.1 Å². The van der Waals surface area contributed by atoms with E-state index in [9.17, 15) is 0 Å². The minimum Gasteiger partial charge on any atom is -0.299 e. The topological polar surface area (TPSA) is 32.3 Å². The Morgan fingerprint density at radius 1 is 1.12 bits per heavy atom. The van der Waals surface area contributed by atoms with Gasteiger partial charge in [-0.05, 0) is 13.8 Å². The van der Waals surface area contributed by atoms with E-state index in [0.717, 1.165) is 36.7 Å². The molecular formula is C12H17ClN4. The Balaban J connectivity index is 1.94. The molecule has 2 bridgehead atoms. The molecule has 1 aromatic rings. The number of nitrogens with zero attached hydrogens (tertiary/aromatic N) is 4. The van der Waals surface area contributed by atoms with Crippen LogP contribution in [-0.4, -0.2) is 52.5 Å². The third-order valence-corrected chi connectivity index (χ3v) is 4.29. The normalized spacial score (nSPS) is 31.8. The van der Waals surface area contributed by atoms with Gasteiger partial charge in [0.2, 0.25) is 0 Å². The van der Waals surface area contributed by atoms with Crippen molar-refractivity contribution in [1.82, 2.24) is 19.8 Å². The molecule has 92 valence electrons. The molecule has 0 saturated carbocycles. The van der Waals surface area contributed by atoms with Crippen molar-refractivity contribution in [3.8, 4) is 0 Å². The van der Waals surface area contributed by atoms with Gasteiger partial charge in [0, 0.05) is 44.0 Å². The Hall–Kier alpha value is -0.710. The van der Waals surface area contributed by atoms with Gasteiger partial charge in [-0.1, -0.05) is 11.6 Å². The lowest BCUT2D eigenvalue weighted by atomic mass is 10.1. The van der Waals surface area contributed by atoms with E-state index in [1.807, 2.05) is 13.8 Å². The summed E-state index contributed by atoms with van der Waals surface area (Å²) in [7, 11) is 0. The Kier molecular flexibility index (Phi) is 2.81. The maximum atomic E-state index is 6.16. The fraction of sp³-hybridized carbons (Fsp3) is 0.667. The largest absolute Gasteiger partial charge is 0.299 e. The quantitative estimate of drug-likeness (QED) is 0.708. The first-order valence-corrected chi connectivity index (χ1v) is 6.50. The van der Waals surface area contributed by atoms with Crippen molar-refractivity contribution in [3.63, 3.8) is 0 Å². The number of piperazine rings is 3. The Bertz CT molecular complexity index is 417. The molecule has 4 rings (SSSR count). The van der Waals surface area contributed by atoms with E-state index in [-0.39, 0.29) is 0 Å². The summed E-state index contributed by atoms with van der Waals surface area (Å²) >= 11 is 6.16. The molecule has 0 aliphatic carbocycles. The van der Waals surface area contributed by atoms with Gasteiger partial charge in [0.05, 0.1) is 6.04 Å². The second-order valence-electron chi connectivity index (χ2n) is 4.94. The number of rotatable bonds is 1. The molecule has 4 heterocycles. The van der Waals surface area contributed by atoms with Gasteiger partial charge in [-0.2, -0.15) is 0 Å². The van der Waals surface area contributed by atoms with Gasteiger partial charge in [0.25, 0.3) is 0 Å². The number of hydrogen-bond acceptors (Lipinski definition) is 4. The predicted octanol–water partition coefficient (Wildman–Crippen LogP) is 1.42. The van der Waals surface area contributed by atoms with Gasteiger partial charge in [-0.25, -0.2) is 9.97 Å². The van der Waals surface area contributed by atoms with Gasteiger partial charge < -0.3 is 0 Å². The van der Waals surface area contributed by atoms with Crippen molar-refractivity contribution in [2.75, 3.05) is 32.7 Å². The van der Waals surface area contributed by atoms with Crippen LogP contribution < -0.4 is 0 Å². The van der Waals surface area contributed by atoms with E-state index in [0.29, 0.717) is 11.2 Å². The van der Waals surface area contributed by atoms with Gasteiger partial charge in [0.15, 0.2) is 0 Å². The average molecular weight is 253 g/mol. The SMILES string of the molecule is Cc1nc(C2CN3CCN2CC3)nc(Cl)c1C. The van der Waals surface area contributed by atoms with Crippen LogP contribution in [0.4, 0.5) is 0 Å². The van der Waals surface area contributed by atoms with Crippen molar-refractivity contribution >= 4 is 11.6 Å². The molecule has 1 atom stereocenters. The first-order chi connectivity index (χ1) is 8.15. The molecule has 0 spiro atoms. The van der Waals surface area contributed by atoms with Crippen LogP contribution in [0.5, 0.6) is 0 Å². The highest BCUT2D eigenvalue weighted by Crippen LogP contribution is 2.28. The minimum atomic E-state index is 0.328. The molecule has 3 saturated heterocycles. The Morgan fingerprint density at radius 3 is 2.35 bits per heavy atom. The number of fused-ring (bicyclic) bond motifs is 3. The molecule has 1 unspecified atom stereocenters. The molecule has 0 amide bonds. The molecule has 4 nitrogen and oxygen atoms in total. The summed E-state index contributed by atoms with van der Waals surface area (Å²) < 4.78 is 0. The first kappa shape index (κ1) is 11.4. The lowest BCUT2D eigenvalue weighted by Crippen LogP contribution is -2.57. The van der Waals surface area contributed by atoms with Crippen molar-refractivity contribution in [3.05, 3.63) is 22.2 Å². The Morgan fingerprint density at radius 2 is 1.82 bits per heavy atom. The summed E-state index contributed by atoms with van der Waals surface area (Å²) in [6.45, 7) is 9.61. The maximum absolute atomic E-state index is 6.16. The standard InChI is InChI=1S/C12H17ClN4/c1-8-9(2)14-12(15-11(8)13)10-7-16-3-5-17(10)6-4-16/h10H,3-7H2,1-2H3. The highest BCUT2D eigenvalue weighted by atomic mass is 35.5. The smallest absolute Gasteiger partial charge is 0.148 e. The third kappa shape index (κ3) is 1.94. The second kappa shape index (κ2) is 4.19. The monoisotopic (exact) mass is 252 g/mol. The van der Waals surface area contributed by atoms with Crippen molar-refractivity contribution in [2.24, 2.45) is 0 Å². The van der Waals surface area contributed by atoms with Gasteiger partial charge in [-0.15, -0.1) is 0 Å². The first-order valence-electron chi connectivity index (χ1n) is 6.12. The molecule has 0 radical (unpaired) electrons. The molecule has 3 aliphatic rings. The van der Waals surface area contributed by atoms with Crippen LogP contribution in [0.1, 0.15) is 23.1 Å². The number of aryl methyl sites for hydroxylation is 1. The molecule has 5 heteroatoms. The lowest BCUT2D eigenvalue weighted by molar-refractivity contribution is 0.00857. The van der Waals surface area contributed by atoms with E-state index in [4.69, 9.17) is 11.6 Å². The molecule has 3 aliphatic heterocycles. The third-order valence-electron chi connectivity index (χ3n) is 3.92. The summed E-state index contributed by atoms with van der Waals surface area (Å²) in [5.41, 5.74) is 1.99. The van der Waals surface area contributed by atoms with Crippen LogP contribution in [0.25, 0.3) is 0 Å². The van der Waals surface area contributed by atoms with E-state index in [1.54, 1.807) is 0 Å². The van der Waals surface area contributed by atoms with Crippen LogP contribution >= 0.6 is 11.6 Å². The zero-order chi connectivity index (χ0) is 12.0. The predicted molar refractivity (Wildman–Crippen MR) is 67.3 cm³/mol.